The maximum atomic E-state index is 10.1. The molecule has 1 N–H and O–H groups in total. The van der Waals surface area contributed by atoms with E-state index in [4.69, 9.17) is 23.7 Å². The summed E-state index contributed by atoms with van der Waals surface area (Å²) in [6.45, 7) is 7.54. The van der Waals surface area contributed by atoms with E-state index < -0.39 is 24.0 Å². The predicted molar refractivity (Wildman–Crippen MR) is 59.5 cm³/mol. The zero-order valence-corrected chi connectivity index (χ0v) is 10.9. The van der Waals surface area contributed by atoms with Gasteiger partial charge in [0.15, 0.2) is 17.3 Å². The van der Waals surface area contributed by atoms with Crippen molar-refractivity contribution in [1.82, 2.24) is 0 Å². The van der Waals surface area contributed by atoms with E-state index in [2.05, 4.69) is 0 Å². The molecule has 3 aliphatic rings. The number of aliphatic hydroxyl groups excluding tert-OH is 1. The van der Waals surface area contributed by atoms with Crippen LogP contribution in [0.1, 0.15) is 27.7 Å². The summed E-state index contributed by atoms with van der Waals surface area (Å²) in [4.78, 5) is 0. The Bertz CT molecular complexity index is 399. The van der Waals surface area contributed by atoms with Gasteiger partial charge in [0, 0.05) is 13.8 Å². The van der Waals surface area contributed by atoms with Crippen LogP contribution < -0.4 is 0 Å². The standard InChI is InChI=1S/C12H18O6/c1-11(2)14-5-6(16-11)8-7(13)9-10(15-8)18-12(3,4)17-9/h6,8,10,13H,5H2,1-4H3/t6?,8-,10-/m1/s1. The number of hydrogen-bond donors (Lipinski definition) is 1. The number of ether oxygens (including phenoxy) is 5. The first-order valence-electron chi connectivity index (χ1n) is 6.04. The van der Waals surface area contributed by atoms with Gasteiger partial charge in [-0.05, 0) is 13.8 Å². The third-order valence-electron chi connectivity index (χ3n) is 3.12. The molecule has 3 aliphatic heterocycles. The van der Waals surface area contributed by atoms with Gasteiger partial charge in [0.05, 0.1) is 6.61 Å². The molecule has 0 aliphatic carbocycles. The summed E-state index contributed by atoms with van der Waals surface area (Å²) in [6.07, 6.45) is -1.60. The van der Waals surface area contributed by atoms with Crippen molar-refractivity contribution in [3.05, 3.63) is 11.5 Å². The molecular weight excluding hydrogens is 240 g/mol. The Morgan fingerprint density at radius 2 is 1.83 bits per heavy atom. The van der Waals surface area contributed by atoms with Gasteiger partial charge in [0.1, 0.15) is 12.2 Å². The predicted octanol–water partition coefficient (Wildman–Crippen LogP) is 1.42. The van der Waals surface area contributed by atoms with Crippen molar-refractivity contribution in [3.8, 4) is 0 Å². The Morgan fingerprint density at radius 3 is 2.39 bits per heavy atom. The van der Waals surface area contributed by atoms with Gasteiger partial charge in [-0.15, -0.1) is 0 Å². The second kappa shape index (κ2) is 3.60. The Kier molecular flexibility index (Phi) is 2.45. The first-order valence-corrected chi connectivity index (χ1v) is 6.04. The molecule has 1 unspecified atom stereocenters. The van der Waals surface area contributed by atoms with E-state index >= 15 is 0 Å². The van der Waals surface area contributed by atoms with Gasteiger partial charge in [-0.2, -0.15) is 0 Å². The lowest BCUT2D eigenvalue weighted by molar-refractivity contribution is -0.218. The fraction of sp³-hybridized carbons (Fsp3) is 0.833. The molecule has 6 heteroatoms. The van der Waals surface area contributed by atoms with Gasteiger partial charge in [-0.3, -0.25) is 0 Å². The fourth-order valence-corrected chi connectivity index (χ4v) is 2.38. The molecule has 0 aromatic heterocycles. The number of hydrogen-bond acceptors (Lipinski definition) is 6. The zero-order valence-electron chi connectivity index (χ0n) is 10.9. The lowest BCUT2D eigenvalue weighted by atomic mass is 10.2. The van der Waals surface area contributed by atoms with Crippen LogP contribution in [-0.2, 0) is 23.7 Å². The molecule has 18 heavy (non-hydrogen) atoms. The van der Waals surface area contributed by atoms with Crippen LogP contribution in [0.5, 0.6) is 0 Å². The number of fused-ring (bicyclic) bond motifs is 1. The SMILES string of the molecule is CC1(C)OCC([C@H]2O[C@@H]3OC(C)(C)OC3=C2O)O1. The molecule has 0 radical (unpaired) electrons. The van der Waals surface area contributed by atoms with Crippen LogP contribution in [0.2, 0.25) is 0 Å². The minimum Gasteiger partial charge on any atom is -0.506 e. The van der Waals surface area contributed by atoms with E-state index in [9.17, 15) is 5.11 Å². The Morgan fingerprint density at radius 1 is 1.11 bits per heavy atom. The highest BCUT2D eigenvalue weighted by Gasteiger charge is 2.52. The summed E-state index contributed by atoms with van der Waals surface area (Å²) in [5, 5.41) is 10.1. The first-order chi connectivity index (χ1) is 8.27. The minimum atomic E-state index is -0.773. The molecule has 0 aromatic carbocycles. The van der Waals surface area contributed by atoms with E-state index in [1.807, 2.05) is 13.8 Å². The zero-order chi connectivity index (χ0) is 13.1. The average Bonchev–Trinajstić information content (AvgIpc) is 2.81. The summed E-state index contributed by atoms with van der Waals surface area (Å²) in [5.41, 5.74) is 0. The molecule has 0 saturated carbocycles. The van der Waals surface area contributed by atoms with E-state index in [1.54, 1.807) is 13.8 Å². The van der Waals surface area contributed by atoms with Crippen molar-refractivity contribution in [3.63, 3.8) is 0 Å². The Hall–Kier alpha value is -0.820. The van der Waals surface area contributed by atoms with Crippen LogP contribution >= 0.6 is 0 Å². The van der Waals surface area contributed by atoms with Crippen molar-refractivity contribution >= 4 is 0 Å². The Labute approximate surface area is 105 Å². The molecule has 2 saturated heterocycles. The van der Waals surface area contributed by atoms with E-state index in [0.29, 0.717) is 12.4 Å². The van der Waals surface area contributed by atoms with Crippen molar-refractivity contribution in [2.75, 3.05) is 6.61 Å². The summed E-state index contributed by atoms with van der Waals surface area (Å²) in [6, 6.07) is 0. The third-order valence-corrected chi connectivity index (χ3v) is 3.12. The van der Waals surface area contributed by atoms with E-state index in [0.717, 1.165) is 0 Å². The molecule has 0 spiro atoms. The van der Waals surface area contributed by atoms with Gasteiger partial charge in [-0.1, -0.05) is 0 Å². The van der Waals surface area contributed by atoms with Crippen molar-refractivity contribution in [2.45, 2.75) is 57.8 Å². The molecule has 102 valence electrons. The summed E-state index contributed by atoms with van der Waals surface area (Å²) < 4.78 is 27.8. The van der Waals surface area contributed by atoms with Crippen LogP contribution in [0, 0.1) is 0 Å². The molecule has 3 atom stereocenters. The molecule has 0 aromatic rings. The van der Waals surface area contributed by atoms with Crippen LogP contribution in [-0.4, -0.2) is 41.8 Å². The molecule has 3 rings (SSSR count). The van der Waals surface area contributed by atoms with E-state index in [-0.39, 0.29) is 11.9 Å². The van der Waals surface area contributed by atoms with Crippen molar-refractivity contribution in [2.24, 2.45) is 0 Å². The lowest BCUT2D eigenvalue weighted by Gasteiger charge is -2.23. The number of aliphatic hydroxyl groups is 1. The topological polar surface area (TPSA) is 66.4 Å². The van der Waals surface area contributed by atoms with Crippen LogP contribution in [0.25, 0.3) is 0 Å². The Balaban J connectivity index is 1.77. The van der Waals surface area contributed by atoms with Gasteiger partial charge in [-0.25, -0.2) is 0 Å². The fourth-order valence-electron chi connectivity index (χ4n) is 2.38. The van der Waals surface area contributed by atoms with E-state index in [1.165, 1.54) is 0 Å². The summed E-state index contributed by atoms with van der Waals surface area (Å²) >= 11 is 0. The van der Waals surface area contributed by atoms with Crippen LogP contribution in [0.3, 0.4) is 0 Å². The summed E-state index contributed by atoms with van der Waals surface area (Å²) in [7, 11) is 0. The molecular formula is C12H18O6. The van der Waals surface area contributed by atoms with Crippen molar-refractivity contribution < 1.29 is 28.8 Å². The van der Waals surface area contributed by atoms with Gasteiger partial charge >= 0.3 is 0 Å². The van der Waals surface area contributed by atoms with Crippen LogP contribution in [0.4, 0.5) is 0 Å². The highest BCUT2D eigenvalue weighted by Crippen LogP contribution is 2.42. The molecule has 3 heterocycles. The quantitative estimate of drug-likeness (QED) is 0.767. The number of rotatable bonds is 1. The molecule has 6 nitrogen and oxygen atoms in total. The van der Waals surface area contributed by atoms with Gasteiger partial charge < -0.3 is 28.8 Å². The molecule has 0 amide bonds. The molecule has 2 fully saturated rings. The first kappa shape index (κ1) is 12.2. The van der Waals surface area contributed by atoms with Gasteiger partial charge in [0.25, 0.3) is 0 Å². The smallest absolute Gasteiger partial charge is 0.224 e. The highest BCUT2D eigenvalue weighted by molar-refractivity contribution is 5.19. The minimum absolute atomic E-state index is 0.0388. The normalized spacial score (nSPS) is 41.0. The maximum Gasteiger partial charge on any atom is 0.224 e. The monoisotopic (exact) mass is 258 g/mol. The lowest BCUT2D eigenvalue weighted by Crippen LogP contribution is -2.35. The average molecular weight is 258 g/mol. The molecule has 0 bridgehead atoms. The van der Waals surface area contributed by atoms with Gasteiger partial charge in [0.2, 0.25) is 12.1 Å². The van der Waals surface area contributed by atoms with Crippen LogP contribution in [0.15, 0.2) is 11.5 Å². The maximum absolute atomic E-state index is 10.1. The second-order valence-electron chi connectivity index (χ2n) is 5.62. The highest BCUT2D eigenvalue weighted by atomic mass is 16.8. The second-order valence-corrected chi connectivity index (χ2v) is 5.62. The summed E-state index contributed by atoms with van der Waals surface area (Å²) in [5.74, 6) is -1.04. The van der Waals surface area contributed by atoms with Crippen molar-refractivity contribution in [1.29, 1.82) is 0 Å². The largest absolute Gasteiger partial charge is 0.506 e. The third kappa shape index (κ3) is 1.89.